The van der Waals surface area contributed by atoms with Crippen LogP contribution >= 0.6 is 12.6 Å². The molecule has 0 bridgehead atoms. The van der Waals surface area contributed by atoms with Gasteiger partial charge in [-0.2, -0.15) is 12.6 Å². The predicted molar refractivity (Wildman–Crippen MR) is 37.2 cm³/mol. The highest BCUT2D eigenvalue weighted by atomic mass is 32.1. The molecule has 2 atom stereocenters. The summed E-state index contributed by atoms with van der Waals surface area (Å²) in [5.74, 6) is 0. The standard InChI is InChI=1S/C6H12OS/c7-5-2-1-3-6(8)4-5/h5-8H,1-4H2. The van der Waals surface area contributed by atoms with Crippen molar-refractivity contribution in [3.8, 4) is 0 Å². The molecule has 0 aromatic carbocycles. The lowest BCUT2D eigenvalue weighted by Crippen LogP contribution is -2.19. The summed E-state index contributed by atoms with van der Waals surface area (Å²) in [5.41, 5.74) is 0. The van der Waals surface area contributed by atoms with E-state index in [1.165, 1.54) is 6.42 Å². The average molecular weight is 132 g/mol. The summed E-state index contributed by atoms with van der Waals surface area (Å²) >= 11 is 4.26. The van der Waals surface area contributed by atoms with Crippen LogP contribution in [0.25, 0.3) is 0 Å². The Balaban J connectivity index is 2.23. The van der Waals surface area contributed by atoms with Gasteiger partial charge in [-0.15, -0.1) is 0 Å². The molecule has 0 aromatic heterocycles. The van der Waals surface area contributed by atoms with E-state index in [0.29, 0.717) is 5.25 Å². The predicted octanol–water partition coefficient (Wildman–Crippen LogP) is 1.22. The normalized spacial score (nSPS) is 39.8. The van der Waals surface area contributed by atoms with Crippen LogP contribution in [-0.4, -0.2) is 16.5 Å². The maximum atomic E-state index is 9.03. The molecule has 1 N–H and O–H groups in total. The van der Waals surface area contributed by atoms with E-state index >= 15 is 0 Å². The molecule has 0 spiro atoms. The molecule has 1 aliphatic carbocycles. The largest absolute Gasteiger partial charge is 0.393 e. The quantitative estimate of drug-likeness (QED) is 0.475. The van der Waals surface area contributed by atoms with Gasteiger partial charge in [-0.25, -0.2) is 0 Å². The number of thiol groups is 1. The van der Waals surface area contributed by atoms with Crippen molar-refractivity contribution in [2.75, 3.05) is 0 Å². The van der Waals surface area contributed by atoms with Crippen LogP contribution in [0.2, 0.25) is 0 Å². The molecule has 2 heteroatoms. The van der Waals surface area contributed by atoms with E-state index in [2.05, 4.69) is 12.6 Å². The van der Waals surface area contributed by atoms with Gasteiger partial charge in [-0.1, -0.05) is 0 Å². The van der Waals surface area contributed by atoms with Gasteiger partial charge in [0.1, 0.15) is 0 Å². The summed E-state index contributed by atoms with van der Waals surface area (Å²) in [6.45, 7) is 0. The minimum Gasteiger partial charge on any atom is -0.393 e. The van der Waals surface area contributed by atoms with Crippen LogP contribution in [0.4, 0.5) is 0 Å². The second kappa shape index (κ2) is 2.74. The van der Waals surface area contributed by atoms with Gasteiger partial charge >= 0.3 is 0 Å². The molecular weight excluding hydrogens is 120 g/mol. The van der Waals surface area contributed by atoms with Crippen molar-refractivity contribution in [2.45, 2.75) is 37.0 Å². The van der Waals surface area contributed by atoms with Gasteiger partial charge in [0.15, 0.2) is 0 Å². The highest BCUT2D eigenvalue weighted by Gasteiger charge is 2.15. The molecule has 8 heavy (non-hydrogen) atoms. The topological polar surface area (TPSA) is 20.2 Å². The van der Waals surface area contributed by atoms with Crippen LogP contribution < -0.4 is 0 Å². The van der Waals surface area contributed by atoms with Crippen LogP contribution in [0.3, 0.4) is 0 Å². The van der Waals surface area contributed by atoms with Crippen LogP contribution in [0, 0.1) is 0 Å². The number of aliphatic hydroxyl groups excluding tert-OH is 1. The smallest absolute Gasteiger partial charge is 0.0550 e. The zero-order valence-corrected chi connectivity index (χ0v) is 5.77. The zero-order valence-electron chi connectivity index (χ0n) is 4.88. The van der Waals surface area contributed by atoms with E-state index in [-0.39, 0.29) is 6.10 Å². The summed E-state index contributed by atoms with van der Waals surface area (Å²) < 4.78 is 0. The Morgan fingerprint density at radius 2 is 2.12 bits per heavy atom. The van der Waals surface area contributed by atoms with Crippen molar-refractivity contribution < 1.29 is 5.11 Å². The monoisotopic (exact) mass is 132 g/mol. The minimum atomic E-state index is -0.0637. The van der Waals surface area contributed by atoms with Gasteiger partial charge < -0.3 is 5.11 Å². The summed E-state index contributed by atoms with van der Waals surface area (Å²) in [6, 6.07) is 0. The van der Waals surface area contributed by atoms with Gasteiger partial charge in [-0.05, 0) is 25.7 Å². The lowest BCUT2D eigenvalue weighted by Gasteiger charge is -2.21. The van der Waals surface area contributed by atoms with Gasteiger partial charge in [0, 0.05) is 5.25 Å². The third-order valence-electron chi connectivity index (χ3n) is 1.62. The Morgan fingerprint density at radius 1 is 1.38 bits per heavy atom. The van der Waals surface area contributed by atoms with Crippen molar-refractivity contribution in [3.05, 3.63) is 0 Å². The Kier molecular flexibility index (Phi) is 2.20. The third-order valence-corrected chi connectivity index (χ3v) is 2.09. The van der Waals surface area contributed by atoms with Crippen molar-refractivity contribution in [3.63, 3.8) is 0 Å². The molecule has 0 saturated heterocycles. The molecule has 0 radical (unpaired) electrons. The maximum absolute atomic E-state index is 9.03. The fourth-order valence-corrected chi connectivity index (χ4v) is 1.56. The summed E-state index contributed by atoms with van der Waals surface area (Å²) in [6.07, 6.45) is 4.14. The average Bonchev–Trinajstić information content (AvgIpc) is 1.64. The van der Waals surface area contributed by atoms with Crippen molar-refractivity contribution in [1.82, 2.24) is 0 Å². The first-order valence-corrected chi connectivity index (χ1v) is 3.67. The van der Waals surface area contributed by atoms with Crippen LogP contribution in [0.5, 0.6) is 0 Å². The van der Waals surface area contributed by atoms with Gasteiger partial charge in [0.05, 0.1) is 6.10 Å². The molecule has 0 heterocycles. The highest BCUT2D eigenvalue weighted by Crippen LogP contribution is 2.21. The SMILES string of the molecule is OC1CCCC(S)C1. The molecule has 2 unspecified atom stereocenters. The first-order chi connectivity index (χ1) is 3.79. The summed E-state index contributed by atoms with van der Waals surface area (Å²) in [5, 5.41) is 9.49. The molecular formula is C6H12OS. The lowest BCUT2D eigenvalue weighted by molar-refractivity contribution is 0.133. The van der Waals surface area contributed by atoms with Crippen molar-refractivity contribution in [2.24, 2.45) is 0 Å². The van der Waals surface area contributed by atoms with E-state index in [1.54, 1.807) is 0 Å². The molecule has 0 aliphatic heterocycles. The molecule has 48 valence electrons. The first kappa shape index (κ1) is 6.43. The molecule has 1 fully saturated rings. The molecule has 1 saturated carbocycles. The van der Waals surface area contributed by atoms with E-state index in [4.69, 9.17) is 5.11 Å². The summed E-state index contributed by atoms with van der Waals surface area (Å²) in [7, 11) is 0. The highest BCUT2D eigenvalue weighted by molar-refractivity contribution is 7.80. The van der Waals surface area contributed by atoms with E-state index in [9.17, 15) is 0 Å². The van der Waals surface area contributed by atoms with Crippen LogP contribution in [-0.2, 0) is 0 Å². The summed E-state index contributed by atoms with van der Waals surface area (Å²) in [4.78, 5) is 0. The van der Waals surface area contributed by atoms with E-state index in [1.807, 2.05) is 0 Å². The maximum Gasteiger partial charge on any atom is 0.0550 e. The number of hydrogen-bond donors (Lipinski definition) is 2. The Morgan fingerprint density at radius 3 is 2.50 bits per heavy atom. The first-order valence-electron chi connectivity index (χ1n) is 3.15. The molecule has 0 aromatic rings. The van der Waals surface area contributed by atoms with Crippen molar-refractivity contribution >= 4 is 12.6 Å². The molecule has 1 rings (SSSR count). The Hall–Kier alpha value is 0.310. The third kappa shape index (κ3) is 1.67. The van der Waals surface area contributed by atoms with Gasteiger partial charge in [0.25, 0.3) is 0 Å². The fourth-order valence-electron chi connectivity index (χ4n) is 1.14. The number of rotatable bonds is 0. The zero-order chi connectivity index (χ0) is 5.98. The van der Waals surface area contributed by atoms with Gasteiger partial charge in [-0.3, -0.25) is 0 Å². The fraction of sp³-hybridized carbons (Fsp3) is 1.00. The van der Waals surface area contributed by atoms with Crippen LogP contribution in [0.15, 0.2) is 0 Å². The van der Waals surface area contributed by atoms with E-state index in [0.717, 1.165) is 19.3 Å². The molecule has 1 nitrogen and oxygen atoms in total. The lowest BCUT2D eigenvalue weighted by atomic mass is 9.97. The minimum absolute atomic E-state index is 0.0637. The van der Waals surface area contributed by atoms with Crippen LogP contribution in [0.1, 0.15) is 25.7 Å². The van der Waals surface area contributed by atoms with E-state index < -0.39 is 0 Å². The molecule has 0 amide bonds. The Labute approximate surface area is 55.5 Å². The number of aliphatic hydroxyl groups is 1. The van der Waals surface area contributed by atoms with Gasteiger partial charge in [0.2, 0.25) is 0 Å². The Bertz CT molecular complexity index is 66.9. The number of hydrogen-bond acceptors (Lipinski definition) is 2. The molecule has 1 aliphatic rings. The van der Waals surface area contributed by atoms with Crippen molar-refractivity contribution in [1.29, 1.82) is 0 Å². The second-order valence-electron chi connectivity index (χ2n) is 2.47. The second-order valence-corrected chi connectivity index (χ2v) is 3.20.